The maximum Gasteiger partial charge on any atom is 0.0249 e. The molecule has 3 aliphatic rings. The molecule has 3 rings (SSSR count). The molecule has 2 atom stereocenters. The minimum Gasteiger partial charge on any atom is -0.298 e. The van der Waals surface area contributed by atoms with Gasteiger partial charge in [-0.1, -0.05) is 20.8 Å². The molecule has 2 heterocycles. The van der Waals surface area contributed by atoms with Crippen LogP contribution in [0, 0.1) is 11.8 Å². The summed E-state index contributed by atoms with van der Waals surface area (Å²) >= 11 is 0. The maximum atomic E-state index is 2.93. The fraction of sp³-hybridized carbons (Fsp3) is 1.00. The summed E-state index contributed by atoms with van der Waals surface area (Å²) in [4.78, 5) is 5.72. The van der Waals surface area contributed by atoms with Crippen LogP contribution >= 0.6 is 0 Å². The van der Waals surface area contributed by atoms with Crippen LogP contribution in [0.25, 0.3) is 0 Å². The predicted molar refractivity (Wildman–Crippen MR) is 81.3 cm³/mol. The molecule has 0 spiro atoms. The van der Waals surface area contributed by atoms with E-state index in [1.54, 1.807) is 0 Å². The van der Waals surface area contributed by atoms with Gasteiger partial charge in [0.15, 0.2) is 0 Å². The number of hydrogen-bond donors (Lipinski definition) is 0. The molecule has 0 aromatic carbocycles. The smallest absolute Gasteiger partial charge is 0.0249 e. The molecule has 0 amide bonds. The molecule has 1 aliphatic carbocycles. The Balaban J connectivity index is 1.69. The Kier molecular flexibility index (Phi) is 4.19. The van der Waals surface area contributed by atoms with Crippen molar-refractivity contribution in [1.82, 2.24) is 9.80 Å². The second kappa shape index (κ2) is 5.73. The van der Waals surface area contributed by atoms with Crippen LogP contribution in [0.4, 0.5) is 0 Å². The van der Waals surface area contributed by atoms with Crippen LogP contribution in [0.3, 0.4) is 0 Å². The van der Waals surface area contributed by atoms with Crippen molar-refractivity contribution >= 4 is 0 Å². The van der Waals surface area contributed by atoms with E-state index in [2.05, 4.69) is 30.6 Å². The zero-order valence-corrected chi connectivity index (χ0v) is 13.1. The maximum absolute atomic E-state index is 2.93. The van der Waals surface area contributed by atoms with Crippen LogP contribution in [-0.2, 0) is 0 Å². The number of fused-ring (bicyclic) bond motifs is 1. The largest absolute Gasteiger partial charge is 0.298 e. The summed E-state index contributed by atoms with van der Waals surface area (Å²) < 4.78 is 0. The minimum atomic E-state index is 0.806. The average molecular weight is 264 g/mol. The van der Waals surface area contributed by atoms with Gasteiger partial charge in [0.1, 0.15) is 0 Å². The lowest BCUT2D eigenvalue weighted by atomic mass is 9.84. The normalized spacial score (nSPS) is 41.7. The first kappa shape index (κ1) is 13.9. The number of rotatable bonds is 2. The van der Waals surface area contributed by atoms with Crippen molar-refractivity contribution in [3.63, 3.8) is 0 Å². The van der Waals surface area contributed by atoms with Gasteiger partial charge in [0.05, 0.1) is 0 Å². The quantitative estimate of drug-likeness (QED) is 0.754. The van der Waals surface area contributed by atoms with E-state index in [-0.39, 0.29) is 0 Å². The van der Waals surface area contributed by atoms with Gasteiger partial charge in [-0.25, -0.2) is 0 Å². The van der Waals surface area contributed by atoms with Crippen molar-refractivity contribution in [2.75, 3.05) is 19.6 Å². The fourth-order valence-corrected chi connectivity index (χ4v) is 4.65. The van der Waals surface area contributed by atoms with E-state index in [0.717, 1.165) is 30.0 Å². The molecule has 2 saturated heterocycles. The molecule has 0 aromatic rings. The lowest BCUT2D eigenvalue weighted by Gasteiger charge is -2.50. The molecular weight excluding hydrogens is 232 g/mol. The first-order chi connectivity index (χ1) is 9.15. The monoisotopic (exact) mass is 264 g/mol. The molecule has 19 heavy (non-hydrogen) atoms. The van der Waals surface area contributed by atoms with Crippen molar-refractivity contribution in [3.05, 3.63) is 0 Å². The van der Waals surface area contributed by atoms with Crippen molar-refractivity contribution in [3.8, 4) is 0 Å². The summed E-state index contributed by atoms with van der Waals surface area (Å²) in [7, 11) is 0. The molecule has 110 valence electrons. The summed E-state index contributed by atoms with van der Waals surface area (Å²) in [6.07, 6.45) is 8.71. The van der Waals surface area contributed by atoms with Crippen molar-refractivity contribution < 1.29 is 0 Å². The van der Waals surface area contributed by atoms with Gasteiger partial charge in [0.25, 0.3) is 0 Å². The first-order valence-corrected chi connectivity index (χ1v) is 8.65. The van der Waals surface area contributed by atoms with E-state index < -0.39 is 0 Å². The van der Waals surface area contributed by atoms with Gasteiger partial charge >= 0.3 is 0 Å². The van der Waals surface area contributed by atoms with Gasteiger partial charge in [-0.3, -0.25) is 9.80 Å². The summed E-state index contributed by atoms with van der Waals surface area (Å²) in [5.41, 5.74) is 0. The van der Waals surface area contributed by atoms with Crippen LogP contribution in [-0.4, -0.2) is 47.6 Å². The summed E-state index contributed by atoms with van der Waals surface area (Å²) in [6, 6.07) is 2.59. The molecule has 1 saturated carbocycles. The second-order valence-corrected chi connectivity index (χ2v) is 7.71. The first-order valence-electron chi connectivity index (χ1n) is 8.65. The summed E-state index contributed by atoms with van der Waals surface area (Å²) in [6.45, 7) is 11.4. The van der Waals surface area contributed by atoms with Gasteiger partial charge < -0.3 is 0 Å². The topological polar surface area (TPSA) is 6.48 Å². The molecule has 0 aromatic heterocycles. The number of piperazine rings is 1. The third-order valence-corrected chi connectivity index (χ3v) is 5.99. The molecule has 0 bridgehead atoms. The van der Waals surface area contributed by atoms with Gasteiger partial charge in [-0.15, -0.1) is 0 Å². The standard InChI is InChI=1S/C17H32N2/c1-13(2)17-12-18-10-4-5-16(18)11-19(17)15-8-6-14(3)7-9-15/h13-17H,4-12H2,1-3H3. The Morgan fingerprint density at radius 1 is 0.895 bits per heavy atom. The Morgan fingerprint density at radius 2 is 1.63 bits per heavy atom. The molecule has 0 N–H and O–H groups in total. The van der Waals surface area contributed by atoms with E-state index >= 15 is 0 Å². The molecular formula is C17H32N2. The van der Waals surface area contributed by atoms with Gasteiger partial charge in [0.2, 0.25) is 0 Å². The predicted octanol–water partition coefficient (Wildman–Crippen LogP) is 3.37. The highest BCUT2D eigenvalue weighted by molar-refractivity contribution is 4.96. The highest BCUT2D eigenvalue weighted by atomic mass is 15.3. The SMILES string of the molecule is CC1CCC(N2CC3CCCN3CC2C(C)C)CC1. The number of nitrogens with zero attached hydrogens (tertiary/aromatic N) is 2. The Hall–Kier alpha value is -0.0800. The Labute approximate surface area is 119 Å². The van der Waals surface area contributed by atoms with Crippen LogP contribution in [0.15, 0.2) is 0 Å². The van der Waals surface area contributed by atoms with Crippen molar-refractivity contribution in [2.45, 2.75) is 77.4 Å². The highest BCUT2D eigenvalue weighted by Gasteiger charge is 2.40. The summed E-state index contributed by atoms with van der Waals surface area (Å²) in [5.74, 6) is 1.78. The fourth-order valence-electron chi connectivity index (χ4n) is 4.65. The lowest BCUT2D eigenvalue weighted by Crippen LogP contribution is -2.61. The van der Waals surface area contributed by atoms with Gasteiger partial charge in [0, 0.05) is 31.2 Å². The molecule has 2 nitrogen and oxygen atoms in total. The molecule has 2 unspecified atom stereocenters. The van der Waals surface area contributed by atoms with E-state index in [0.29, 0.717) is 0 Å². The van der Waals surface area contributed by atoms with Crippen LogP contribution in [0.5, 0.6) is 0 Å². The van der Waals surface area contributed by atoms with Crippen molar-refractivity contribution in [1.29, 1.82) is 0 Å². The number of hydrogen-bond acceptors (Lipinski definition) is 2. The van der Waals surface area contributed by atoms with Crippen molar-refractivity contribution in [2.24, 2.45) is 11.8 Å². The zero-order chi connectivity index (χ0) is 13.4. The second-order valence-electron chi connectivity index (χ2n) is 7.71. The average Bonchev–Trinajstić information content (AvgIpc) is 2.85. The van der Waals surface area contributed by atoms with E-state index in [1.165, 1.54) is 58.2 Å². The lowest BCUT2D eigenvalue weighted by molar-refractivity contribution is -0.0133. The Morgan fingerprint density at radius 3 is 2.32 bits per heavy atom. The molecule has 2 heteroatoms. The highest BCUT2D eigenvalue weighted by Crippen LogP contribution is 2.34. The molecule has 0 radical (unpaired) electrons. The Bertz CT molecular complexity index is 294. The molecule has 2 aliphatic heterocycles. The third kappa shape index (κ3) is 2.85. The zero-order valence-electron chi connectivity index (χ0n) is 13.1. The van der Waals surface area contributed by atoms with Gasteiger partial charge in [-0.2, -0.15) is 0 Å². The van der Waals surface area contributed by atoms with Gasteiger partial charge in [-0.05, 0) is 56.9 Å². The van der Waals surface area contributed by atoms with Crippen LogP contribution < -0.4 is 0 Å². The van der Waals surface area contributed by atoms with Crippen LogP contribution in [0.1, 0.15) is 59.3 Å². The molecule has 3 fully saturated rings. The van der Waals surface area contributed by atoms with E-state index in [4.69, 9.17) is 0 Å². The van der Waals surface area contributed by atoms with Crippen LogP contribution in [0.2, 0.25) is 0 Å². The van der Waals surface area contributed by atoms with E-state index in [9.17, 15) is 0 Å². The minimum absolute atomic E-state index is 0.806. The summed E-state index contributed by atoms with van der Waals surface area (Å²) in [5, 5.41) is 0. The third-order valence-electron chi connectivity index (χ3n) is 5.99. The van der Waals surface area contributed by atoms with E-state index in [1.807, 2.05) is 0 Å².